The van der Waals surface area contributed by atoms with Gasteiger partial charge in [-0.3, -0.25) is 4.79 Å². The Hall–Kier alpha value is -1.63. The van der Waals surface area contributed by atoms with Crippen LogP contribution in [-0.2, 0) is 14.3 Å². The Morgan fingerprint density at radius 1 is 0.565 bits per heavy atom. The Labute approximate surface area is 379 Å². The maximum Gasteiger partial charge on any atom is 0.249 e. The molecule has 1 amide bonds. The van der Waals surface area contributed by atoms with Crippen LogP contribution in [0.15, 0.2) is 36.5 Å². The highest BCUT2D eigenvalue weighted by Gasteiger charge is 2.44. The number of hydrogen-bond acceptors (Lipinski definition) is 9. The average Bonchev–Trinajstić information content (AvgIpc) is 3.27. The van der Waals surface area contributed by atoms with Gasteiger partial charge in [-0.25, -0.2) is 0 Å². The lowest BCUT2D eigenvalue weighted by atomic mass is 9.99. The molecule has 0 spiro atoms. The number of carbonyl (C=O) groups is 1. The summed E-state index contributed by atoms with van der Waals surface area (Å²) in [6, 6.07) is -0.984. The lowest BCUT2D eigenvalue weighted by Gasteiger charge is -2.40. The molecule has 8 atom stereocenters. The van der Waals surface area contributed by atoms with Crippen LogP contribution in [0.4, 0.5) is 0 Å². The van der Waals surface area contributed by atoms with Crippen LogP contribution in [0, 0.1) is 0 Å². The highest BCUT2D eigenvalue weighted by atomic mass is 16.7. The molecule has 1 fully saturated rings. The molecular formula is C52H97NO9. The van der Waals surface area contributed by atoms with Gasteiger partial charge in [0.15, 0.2) is 6.29 Å². The molecule has 0 aromatic heterocycles. The van der Waals surface area contributed by atoms with Crippen LogP contribution >= 0.6 is 0 Å². The molecule has 0 aromatic rings. The summed E-state index contributed by atoms with van der Waals surface area (Å²) in [6.07, 6.45) is 42.3. The normalized spacial score (nSPS) is 21.1. The van der Waals surface area contributed by atoms with Crippen LogP contribution in [0.25, 0.3) is 0 Å². The number of rotatable bonds is 43. The standard InChI is InChI=1S/C52H97NO9/c1-3-5-7-9-11-13-15-17-19-20-21-22-23-24-25-27-29-31-33-35-37-39-41-46(56)51(60)53-44(43-61-52-50(59)49(58)48(57)47(42-54)62-52)45(55)40-38-36-34-32-30-28-26-18-16-14-12-10-8-6-4-2/h21-22,24-25,38,40,44-50,52,54-59H,3-20,23,26-37,39,41-43H2,1-2H3,(H,53,60)/b22-21-,25-24-,40-38+. The minimum Gasteiger partial charge on any atom is -0.394 e. The average molecular weight is 880 g/mol. The Morgan fingerprint density at radius 3 is 1.44 bits per heavy atom. The van der Waals surface area contributed by atoms with Gasteiger partial charge in [-0.05, 0) is 51.4 Å². The summed E-state index contributed by atoms with van der Waals surface area (Å²) in [5, 5.41) is 64.8. The van der Waals surface area contributed by atoms with Crippen molar-refractivity contribution in [2.45, 2.75) is 275 Å². The number of carbonyl (C=O) groups excluding carboxylic acids is 1. The second kappa shape index (κ2) is 42.0. The predicted molar refractivity (Wildman–Crippen MR) is 255 cm³/mol. The van der Waals surface area contributed by atoms with Crippen LogP contribution in [0.5, 0.6) is 0 Å². The van der Waals surface area contributed by atoms with E-state index in [0.717, 1.165) is 64.2 Å². The van der Waals surface area contributed by atoms with Gasteiger partial charge in [0, 0.05) is 0 Å². The van der Waals surface area contributed by atoms with E-state index in [-0.39, 0.29) is 6.61 Å². The third-order valence-electron chi connectivity index (χ3n) is 12.3. The number of unbranched alkanes of at least 4 members (excludes halogenated alkanes) is 28. The van der Waals surface area contributed by atoms with Gasteiger partial charge in [0.25, 0.3) is 0 Å². The van der Waals surface area contributed by atoms with Crippen LogP contribution in [-0.4, -0.2) is 98.7 Å². The summed E-state index contributed by atoms with van der Waals surface area (Å²) >= 11 is 0. The Balaban J connectivity index is 2.35. The highest BCUT2D eigenvalue weighted by Crippen LogP contribution is 2.23. The molecule has 1 saturated heterocycles. The van der Waals surface area contributed by atoms with Crippen LogP contribution in [0.3, 0.4) is 0 Å². The summed E-state index contributed by atoms with van der Waals surface area (Å²) in [7, 11) is 0. The molecule has 364 valence electrons. The van der Waals surface area contributed by atoms with Crippen LogP contribution in [0.2, 0.25) is 0 Å². The predicted octanol–water partition coefficient (Wildman–Crippen LogP) is 10.6. The molecule has 0 aromatic carbocycles. The number of amides is 1. The van der Waals surface area contributed by atoms with E-state index >= 15 is 0 Å². The first-order chi connectivity index (χ1) is 30.3. The first-order valence-electron chi connectivity index (χ1n) is 25.8. The van der Waals surface area contributed by atoms with Gasteiger partial charge in [-0.15, -0.1) is 0 Å². The molecule has 0 bridgehead atoms. The molecule has 62 heavy (non-hydrogen) atoms. The van der Waals surface area contributed by atoms with Crippen molar-refractivity contribution in [2.24, 2.45) is 0 Å². The molecule has 1 heterocycles. The molecule has 1 rings (SSSR count). The quantitative estimate of drug-likeness (QED) is 0.0233. The molecule has 8 unspecified atom stereocenters. The van der Waals surface area contributed by atoms with Gasteiger partial charge in [-0.2, -0.15) is 0 Å². The number of nitrogens with one attached hydrogen (secondary N) is 1. The van der Waals surface area contributed by atoms with Gasteiger partial charge < -0.3 is 45.4 Å². The minimum absolute atomic E-state index is 0.298. The second-order valence-electron chi connectivity index (χ2n) is 18.1. The third kappa shape index (κ3) is 31.3. The molecule has 10 nitrogen and oxygen atoms in total. The van der Waals surface area contributed by atoms with Gasteiger partial charge >= 0.3 is 0 Å². The van der Waals surface area contributed by atoms with E-state index in [4.69, 9.17) is 9.47 Å². The van der Waals surface area contributed by atoms with Crippen LogP contribution < -0.4 is 5.32 Å². The van der Waals surface area contributed by atoms with Gasteiger partial charge in [-0.1, -0.05) is 211 Å². The monoisotopic (exact) mass is 880 g/mol. The van der Waals surface area contributed by atoms with E-state index in [1.807, 2.05) is 6.08 Å². The summed E-state index contributed by atoms with van der Waals surface area (Å²) < 4.78 is 11.2. The zero-order valence-electron chi connectivity index (χ0n) is 39.7. The third-order valence-corrected chi connectivity index (χ3v) is 12.3. The molecular weight excluding hydrogens is 783 g/mol. The number of allylic oxidation sites excluding steroid dienone is 5. The summed E-state index contributed by atoms with van der Waals surface area (Å²) in [5.74, 6) is -0.624. The number of ether oxygens (including phenoxy) is 2. The Bertz CT molecular complexity index is 1080. The van der Waals surface area contributed by atoms with E-state index in [9.17, 15) is 35.4 Å². The number of hydrogen-bond donors (Lipinski definition) is 7. The zero-order chi connectivity index (χ0) is 45.3. The van der Waals surface area contributed by atoms with Crippen molar-refractivity contribution in [1.29, 1.82) is 0 Å². The van der Waals surface area contributed by atoms with Crippen molar-refractivity contribution in [2.75, 3.05) is 13.2 Å². The van der Waals surface area contributed by atoms with Crippen molar-refractivity contribution in [3.05, 3.63) is 36.5 Å². The van der Waals surface area contributed by atoms with Crippen LogP contribution in [0.1, 0.15) is 226 Å². The van der Waals surface area contributed by atoms with Crippen molar-refractivity contribution < 1.29 is 44.9 Å². The zero-order valence-corrected chi connectivity index (χ0v) is 39.7. The fourth-order valence-corrected chi connectivity index (χ4v) is 8.08. The van der Waals surface area contributed by atoms with Crippen molar-refractivity contribution in [1.82, 2.24) is 5.32 Å². The smallest absolute Gasteiger partial charge is 0.249 e. The fourth-order valence-electron chi connectivity index (χ4n) is 8.08. The first kappa shape index (κ1) is 58.4. The molecule has 7 N–H and O–H groups in total. The lowest BCUT2D eigenvalue weighted by Crippen LogP contribution is -2.60. The van der Waals surface area contributed by atoms with E-state index < -0.39 is 61.5 Å². The maximum atomic E-state index is 13.1. The van der Waals surface area contributed by atoms with Crippen molar-refractivity contribution in [3.8, 4) is 0 Å². The SMILES string of the molecule is CCCCCCCCCCC/C=C\C/C=C\CCCCCCCCC(O)C(=O)NC(COC1OC(CO)C(O)C(O)C1O)C(O)/C=C/CCCCCCCCCCCCCCC. The summed E-state index contributed by atoms with van der Waals surface area (Å²) in [6.45, 7) is 3.61. The topological polar surface area (TPSA) is 169 Å². The molecule has 10 heteroatoms. The molecule has 1 aliphatic heterocycles. The van der Waals surface area contributed by atoms with Gasteiger partial charge in [0.2, 0.25) is 5.91 Å². The molecule has 0 radical (unpaired) electrons. The van der Waals surface area contributed by atoms with E-state index in [0.29, 0.717) is 12.8 Å². The molecule has 0 saturated carbocycles. The lowest BCUT2D eigenvalue weighted by molar-refractivity contribution is -0.302. The molecule has 0 aliphatic carbocycles. The van der Waals surface area contributed by atoms with Gasteiger partial charge in [0.1, 0.15) is 30.5 Å². The first-order valence-corrected chi connectivity index (χ1v) is 25.8. The highest BCUT2D eigenvalue weighted by molar-refractivity contribution is 5.80. The van der Waals surface area contributed by atoms with E-state index in [2.05, 4.69) is 43.5 Å². The van der Waals surface area contributed by atoms with Crippen molar-refractivity contribution in [3.63, 3.8) is 0 Å². The largest absolute Gasteiger partial charge is 0.394 e. The molecule has 1 aliphatic rings. The van der Waals surface area contributed by atoms with Crippen molar-refractivity contribution >= 4 is 5.91 Å². The van der Waals surface area contributed by atoms with Gasteiger partial charge in [0.05, 0.1) is 25.4 Å². The number of aliphatic hydroxyl groups is 6. The fraction of sp³-hybridized carbons (Fsp3) is 0.865. The Morgan fingerprint density at radius 2 is 0.984 bits per heavy atom. The summed E-state index contributed by atoms with van der Waals surface area (Å²) in [5.41, 5.74) is 0. The number of aliphatic hydroxyl groups excluding tert-OH is 6. The van der Waals surface area contributed by atoms with E-state index in [1.54, 1.807) is 6.08 Å². The Kier molecular flexibility index (Phi) is 39.6. The second-order valence-corrected chi connectivity index (χ2v) is 18.1. The minimum atomic E-state index is -1.61. The maximum absolute atomic E-state index is 13.1. The summed E-state index contributed by atoms with van der Waals surface area (Å²) in [4.78, 5) is 13.1. The van der Waals surface area contributed by atoms with E-state index in [1.165, 1.54) is 135 Å².